The van der Waals surface area contributed by atoms with Gasteiger partial charge in [0.25, 0.3) is 0 Å². The first-order valence-corrected chi connectivity index (χ1v) is 7.86. The van der Waals surface area contributed by atoms with E-state index in [-0.39, 0.29) is 5.92 Å². The highest BCUT2D eigenvalue weighted by Gasteiger charge is 2.42. The van der Waals surface area contributed by atoms with Crippen LogP contribution in [0.3, 0.4) is 0 Å². The van der Waals surface area contributed by atoms with Crippen molar-refractivity contribution in [2.24, 2.45) is 17.3 Å². The van der Waals surface area contributed by atoms with Gasteiger partial charge in [-0.25, -0.2) is 0 Å². The van der Waals surface area contributed by atoms with Gasteiger partial charge in [-0.15, -0.1) is 0 Å². The summed E-state index contributed by atoms with van der Waals surface area (Å²) in [7, 11) is 0. The maximum atomic E-state index is 11.6. The third kappa shape index (κ3) is 3.07. The van der Waals surface area contributed by atoms with Crippen LogP contribution >= 0.6 is 0 Å². The molecule has 18 heavy (non-hydrogen) atoms. The monoisotopic (exact) mass is 252 g/mol. The Morgan fingerprint density at radius 2 is 1.50 bits per heavy atom. The van der Waals surface area contributed by atoms with Crippen molar-refractivity contribution in [3.63, 3.8) is 0 Å². The molecule has 0 aliphatic heterocycles. The van der Waals surface area contributed by atoms with E-state index < -0.39 is 5.97 Å². The summed E-state index contributed by atoms with van der Waals surface area (Å²) in [5.41, 5.74) is 0.296. The molecule has 0 aromatic heterocycles. The number of hydrogen-bond donors (Lipinski definition) is 1. The lowest BCUT2D eigenvalue weighted by atomic mass is 9.64. The lowest BCUT2D eigenvalue weighted by Crippen LogP contribution is -2.36. The third-order valence-corrected chi connectivity index (χ3v) is 5.47. The predicted octanol–water partition coefficient (Wildman–Crippen LogP) is 4.63. The van der Waals surface area contributed by atoms with Crippen LogP contribution in [-0.2, 0) is 4.79 Å². The average molecular weight is 252 g/mol. The van der Waals surface area contributed by atoms with E-state index in [4.69, 9.17) is 0 Å². The molecule has 0 aromatic rings. The Kier molecular flexibility index (Phi) is 4.69. The first-order valence-electron chi connectivity index (χ1n) is 7.86. The molecule has 0 heterocycles. The second kappa shape index (κ2) is 6.08. The molecular weight excluding hydrogens is 224 g/mol. The predicted molar refractivity (Wildman–Crippen MR) is 73.5 cm³/mol. The van der Waals surface area contributed by atoms with E-state index in [2.05, 4.69) is 6.92 Å². The summed E-state index contributed by atoms with van der Waals surface area (Å²) >= 11 is 0. The quantitative estimate of drug-likeness (QED) is 0.728. The van der Waals surface area contributed by atoms with Crippen molar-refractivity contribution >= 4 is 5.97 Å². The summed E-state index contributed by atoms with van der Waals surface area (Å²) in [5.74, 6) is -0.182. The standard InChI is InChI=1S/C16H28O2/c1-16(11-7-2-3-8-12-16)14-10-6-4-5-9-13(14)15(17)18/h13-14H,2-12H2,1H3,(H,17,18). The topological polar surface area (TPSA) is 37.3 Å². The van der Waals surface area contributed by atoms with E-state index in [1.807, 2.05) is 0 Å². The van der Waals surface area contributed by atoms with E-state index in [1.54, 1.807) is 0 Å². The summed E-state index contributed by atoms with van der Waals surface area (Å²) in [5, 5.41) is 9.55. The zero-order valence-electron chi connectivity index (χ0n) is 11.8. The number of aliphatic carboxylic acids is 1. The molecule has 2 heteroatoms. The van der Waals surface area contributed by atoms with Gasteiger partial charge in [0.1, 0.15) is 0 Å². The van der Waals surface area contributed by atoms with Crippen LogP contribution in [0.25, 0.3) is 0 Å². The van der Waals surface area contributed by atoms with Crippen molar-refractivity contribution in [2.75, 3.05) is 0 Å². The van der Waals surface area contributed by atoms with Crippen LogP contribution in [0.2, 0.25) is 0 Å². The first kappa shape index (κ1) is 13.9. The summed E-state index contributed by atoms with van der Waals surface area (Å²) < 4.78 is 0. The van der Waals surface area contributed by atoms with Gasteiger partial charge in [-0.3, -0.25) is 4.79 Å². The van der Waals surface area contributed by atoms with Gasteiger partial charge in [0.2, 0.25) is 0 Å². The average Bonchev–Trinajstić information content (AvgIpc) is 2.69. The zero-order chi connectivity index (χ0) is 13.0. The Hall–Kier alpha value is -0.530. The van der Waals surface area contributed by atoms with Gasteiger partial charge in [-0.1, -0.05) is 51.9 Å². The molecule has 104 valence electrons. The van der Waals surface area contributed by atoms with Gasteiger partial charge < -0.3 is 5.11 Å². The molecule has 2 atom stereocenters. The van der Waals surface area contributed by atoms with E-state index in [0.717, 1.165) is 19.3 Å². The number of carboxylic acids is 1. The van der Waals surface area contributed by atoms with E-state index in [0.29, 0.717) is 11.3 Å². The van der Waals surface area contributed by atoms with Crippen LogP contribution in [0.15, 0.2) is 0 Å². The molecule has 0 radical (unpaired) electrons. The molecule has 0 spiro atoms. The van der Waals surface area contributed by atoms with Gasteiger partial charge in [0.05, 0.1) is 5.92 Å². The molecular formula is C16H28O2. The first-order chi connectivity index (χ1) is 8.63. The van der Waals surface area contributed by atoms with Crippen molar-refractivity contribution in [2.45, 2.75) is 77.6 Å². The molecule has 2 unspecified atom stereocenters. The Morgan fingerprint density at radius 3 is 2.11 bits per heavy atom. The molecule has 2 nitrogen and oxygen atoms in total. The smallest absolute Gasteiger partial charge is 0.306 e. The maximum absolute atomic E-state index is 11.6. The van der Waals surface area contributed by atoms with Crippen LogP contribution in [-0.4, -0.2) is 11.1 Å². The highest BCUT2D eigenvalue weighted by molar-refractivity contribution is 5.70. The van der Waals surface area contributed by atoms with Gasteiger partial charge in [0, 0.05) is 0 Å². The van der Waals surface area contributed by atoms with Gasteiger partial charge in [0.15, 0.2) is 0 Å². The number of rotatable bonds is 2. The number of hydrogen-bond acceptors (Lipinski definition) is 1. The minimum Gasteiger partial charge on any atom is -0.481 e. The van der Waals surface area contributed by atoms with Crippen LogP contribution < -0.4 is 0 Å². The lowest BCUT2D eigenvalue weighted by molar-refractivity contribution is -0.146. The summed E-state index contributed by atoms with van der Waals surface area (Å²) in [4.78, 5) is 11.6. The Morgan fingerprint density at radius 1 is 0.944 bits per heavy atom. The molecule has 0 aromatic carbocycles. The largest absolute Gasteiger partial charge is 0.481 e. The fraction of sp³-hybridized carbons (Fsp3) is 0.938. The van der Waals surface area contributed by atoms with Gasteiger partial charge in [-0.2, -0.15) is 0 Å². The third-order valence-electron chi connectivity index (χ3n) is 5.47. The molecule has 0 bridgehead atoms. The van der Waals surface area contributed by atoms with Crippen molar-refractivity contribution in [3.8, 4) is 0 Å². The highest BCUT2D eigenvalue weighted by atomic mass is 16.4. The molecule has 2 aliphatic carbocycles. The molecule has 2 aliphatic rings. The fourth-order valence-corrected chi connectivity index (χ4v) is 4.34. The minimum atomic E-state index is -0.535. The van der Waals surface area contributed by atoms with Crippen molar-refractivity contribution in [3.05, 3.63) is 0 Å². The zero-order valence-corrected chi connectivity index (χ0v) is 11.8. The Labute approximate surface area is 111 Å². The SMILES string of the molecule is CC1(C2CCCCCC2C(=O)O)CCCCCC1. The van der Waals surface area contributed by atoms with Crippen molar-refractivity contribution in [1.82, 2.24) is 0 Å². The number of carboxylic acid groups (broad SMARTS) is 1. The van der Waals surface area contributed by atoms with Crippen LogP contribution in [0.1, 0.15) is 77.6 Å². The molecule has 2 fully saturated rings. The second-order valence-corrected chi connectivity index (χ2v) is 6.76. The molecule has 2 rings (SSSR count). The van der Waals surface area contributed by atoms with Crippen LogP contribution in [0, 0.1) is 17.3 Å². The lowest BCUT2D eigenvalue weighted by Gasteiger charge is -2.40. The van der Waals surface area contributed by atoms with Crippen LogP contribution in [0.5, 0.6) is 0 Å². The minimum absolute atomic E-state index is 0.0735. The molecule has 0 saturated heterocycles. The van der Waals surface area contributed by atoms with Gasteiger partial charge >= 0.3 is 5.97 Å². The normalized spacial score (nSPS) is 33.4. The number of carbonyl (C=O) groups is 1. The Balaban J connectivity index is 2.16. The highest BCUT2D eigenvalue weighted by Crippen LogP contribution is 2.48. The van der Waals surface area contributed by atoms with Crippen LogP contribution in [0.4, 0.5) is 0 Å². The Bertz CT molecular complexity index is 277. The van der Waals surface area contributed by atoms with E-state index in [9.17, 15) is 9.90 Å². The summed E-state index contributed by atoms with van der Waals surface area (Å²) in [6.45, 7) is 2.38. The van der Waals surface area contributed by atoms with E-state index in [1.165, 1.54) is 51.4 Å². The second-order valence-electron chi connectivity index (χ2n) is 6.76. The maximum Gasteiger partial charge on any atom is 0.306 e. The van der Waals surface area contributed by atoms with E-state index >= 15 is 0 Å². The fourth-order valence-electron chi connectivity index (χ4n) is 4.34. The van der Waals surface area contributed by atoms with Crippen molar-refractivity contribution in [1.29, 1.82) is 0 Å². The van der Waals surface area contributed by atoms with Crippen molar-refractivity contribution < 1.29 is 9.90 Å². The summed E-state index contributed by atoms with van der Waals surface area (Å²) in [6, 6.07) is 0. The van der Waals surface area contributed by atoms with Gasteiger partial charge in [-0.05, 0) is 37.0 Å². The summed E-state index contributed by atoms with van der Waals surface area (Å²) in [6.07, 6.45) is 13.5. The molecule has 2 saturated carbocycles. The molecule has 1 N–H and O–H groups in total. The molecule has 0 amide bonds.